The van der Waals surface area contributed by atoms with Crippen LogP contribution >= 0.6 is 15.9 Å². The summed E-state index contributed by atoms with van der Waals surface area (Å²) in [5.41, 5.74) is 0.264. The number of amides is 1. The van der Waals surface area contributed by atoms with E-state index < -0.39 is 0 Å². The zero-order chi connectivity index (χ0) is 10.6. The first-order chi connectivity index (χ1) is 6.65. The number of nitrogens with one attached hydrogen (secondary N) is 1. The van der Waals surface area contributed by atoms with Gasteiger partial charge in [0.05, 0.1) is 11.1 Å². The highest BCUT2D eigenvalue weighted by atomic mass is 79.9. The van der Waals surface area contributed by atoms with E-state index in [2.05, 4.69) is 31.2 Å². The van der Waals surface area contributed by atoms with Gasteiger partial charge in [0.25, 0.3) is 5.91 Å². The Balaban J connectivity index is 2.75. The summed E-state index contributed by atoms with van der Waals surface area (Å²) in [4.78, 5) is 19.0. The number of aliphatic hydroxyl groups excluding tert-OH is 1. The molecule has 0 aromatic carbocycles. The minimum Gasteiger partial charge on any atom is -0.394 e. The lowest BCUT2D eigenvalue weighted by atomic mass is 10.3. The first-order valence-electron chi connectivity index (χ1n) is 4.02. The SMILES string of the molecule is C[C@@H](CO)NC(=O)c1ncncc1Br. The lowest BCUT2D eigenvalue weighted by Crippen LogP contribution is -2.35. The van der Waals surface area contributed by atoms with E-state index in [1.807, 2.05) is 0 Å². The summed E-state index contributed by atoms with van der Waals surface area (Å²) >= 11 is 3.16. The van der Waals surface area contributed by atoms with Gasteiger partial charge in [0.15, 0.2) is 0 Å². The van der Waals surface area contributed by atoms with Crippen LogP contribution in [0.4, 0.5) is 0 Å². The van der Waals surface area contributed by atoms with Crippen LogP contribution < -0.4 is 5.32 Å². The van der Waals surface area contributed by atoms with E-state index in [1.54, 1.807) is 6.92 Å². The summed E-state index contributed by atoms with van der Waals surface area (Å²) in [7, 11) is 0. The van der Waals surface area contributed by atoms with Crippen LogP contribution in [0.1, 0.15) is 17.4 Å². The van der Waals surface area contributed by atoms with E-state index in [-0.39, 0.29) is 24.2 Å². The first kappa shape index (κ1) is 11.1. The number of carbonyl (C=O) groups excluding carboxylic acids is 1. The lowest BCUT2D eigenvalue weighted by Gasteiger charge is -2.10. The van der Waals surface area contributed by atoms with Crippen molar-refractivity contribution in [2.75, 3.05) is 6.61 Å². The van der Waals surface area contributed by atoms with Crippen LogP contribution in [-0.2, 0) is 0 Å². The highest BCUT2D eigenvalue weighted by molar-refractivity contribution is 9.10. The van der Waals surface area contributed by atoms with Gasteiger partial charge in [-0.3, -0.25) is 4.79 Å². The van der Waals surface area contributed by atoms with Crippen molar-refractivity contribution in [3.05, 3.63) is 22.7 Å². The van der Waals surface area contributed by atoms with Crippen LogP contribution in [0, 0.1) is 0 Å². The summed E-state index contributed by atoms with van der Waals surface area (Å²) in [6.45, 7) is 1.60. The van der Waals surface area contributed by atoms with Crippen LogP contribution in [0.5, 0.6) is 0 Å². The number of nitrogens with zero attached hydrogens (tertiary/aromatic N) is 2. The van der Waals surface area contributed by atoms with Gasteiger partial charge < -0.3 is 10.4 Å². The minimum absolute atomic E-state index is 0.103. The number of halogens is 1. The third kappa shape index (κ3) is 2.74. The molecule has 14 heavy (non-hydrogen) atoms. The number of rotatable bonds is 3. The monoisotopic (exact) mass is 259 g/mol. The third-order valence-corrected chi connectivity index (χ3v) is 2.11. The molecule has 0 aliphatic carbocycles. The Labute approximate surface area is 89.7 Å². The summed E-state index contributed by atoms with van der Waals surface area (Å²) in [5, 5.41) is 11.3. The first-order valence-corrected chi connectivity index (χ1v) is 4.81. The fraction of sp³-hybridized carbons (Fsp3) is 0.375. The zero-order valence-electron chi connectivity index (χ0n) is 7.57. The van der Waals surface area contributed by atoms with Crippen molar-refractivity contribution in [2.45, 2.75) is 13.0 Å². The molecular formula is C8H10BrN3O2. The molecule has 6 heteroatoms. The van der Waals surface area contributed by atoms with Gasteiger partial charge in [0.2, 0.25) is 0 Å². The van der Waals surface area contributed by atoms with Crippen LogP contribution in [0.25, 0.3) is 0 Å². The van der Waals surface area contributed by atoms with Crippen molar-refractivity contribution < 1.29 is 9.90 Å². The van der Waals surface area contributed by atoms with E-state index in [9.17, 15) is 4.79 Å². The number of aliphatic hydroxyl groups is 1. The van der Waals surface area contributed by atoms with E-state index in [4.69, 9.17) is 5.11 Å². The summed E-state index contributed by atoms with van der Waals surface area (Å²) < 4.78 is 0.530. The molecule has 0 radical (unpaired) electrons. The third-order valence-electron chi connectivity index (χ3n) is 1.53. The van der Waals surface area contributed by atoms with E-state index in [0.29, 0.717) is 4.47 Å². The molecule has 0 saturated heterocycles. The normalized spacial score (nSPS) is 12.2. The quantitative estimate of drug-likeness (QED) is 0.822. The predicted molar refractivity (Wildman–Crippen MR) is 53.7 cm³/mol. The molecule has 0 aliphatic rings. The van der Waals surface area contributed by atoms with Gasteiger partial charge in [-0.25, -0.2) is 9.97 Å². The van der Waals surface area contributed by atoms with Crippen molar-refractivity contribution >= 4 is 21.8 Å². The Morgan fingerprint density at radius 3 is 3.07 bits per heavy atom. The van der Waals surface area contributed by atoms with Gasteiger partial charge in [0, 0.05) is 12.2 Å². The molecule has 0 unspecified atom stereocenters. The van der Waals surface area contributed by atoms with Gasteiger partial charge in [-0.15, -0.1) is 0 Å². The van der Waals surface area contributed by atoms with Gasteiger partial charge in [-0.05, 0) is 22.9 Å². The fourth-order valence-corrected chi connectivity index (χ4v) is 1.22. The van der Waals surface area contributed by atoms with Crippen molar-refractivity contribution in [1.82, 2.24) is 15.3 Å². The molecule has 0 fully saturated rings. The Hall–Kier alpha value is -1.01. The maximum Gasteiger partial charge on any atom is 0.271 e. The average Bonchev–Trinajstić information content (AvgIpc) is 2.18. The van der Waals surface area contributed by atoms with Gasteiger partial charge in [-0.1, -0.05) is 0 Å². The van der Waals surface area contributed by atoms with E-state index in [1.165, 1.54) is 12.5 Å². The molecule has 5 nitrogen and oxygen atoms in total. The van der Waals surface area contributed by atoms with E-state index >= 15 is 0 Å². The largest absolute Gasteiger partial charge is 0.394 e. The van der Waals surface area contributed by atoms with Crippen molar-refractivity contribution in [3.63, 3.8) is 0 Å². The Kier molecular flexibility index (Phi) is 3.97. The molecule has 0 aliphatic heterocycles. The second-order valence-corrected chi connectivity index (χ2v) is 3.63. The van der Waals surface area contributed by atoms with Crippen LogP contribution in [0.2, 0.25) is 0 Å². The lowest BCUT2D eigenvalue weighted by molar-refractivity contribution is 0.0916. The summed E-state index contributed by atoms with van der Waals surface area (Å²) in [6, 6.07) is -0.288. The van der Waals surface area contributed by atoms with Gasteiger partial charge >= 0.3 is 0 Å². The topological polar surface area (TPSA) is 75.1 Å². The minimum atomic E-state index is -0.333. The van der Waals surface area contributed by atoms with Crippen molar-refractivity contribution in [3.8, 4) is 0 Å². The molecule has 0 bridgehead atoms. The van der Waals surface area contributed by atoms with Crippen molar-refractivity contribution in [2.24, 2.45) is 0 Å². The molecule has 1 atom stereocenters. The molecule has 2 N–H and O–H groups in total. The second-order valence-electron chi connectivity index (χ2n) is 2.78. The Bertz CT molecular complexity index is 332. The summed E-state index contributed by atoms with van der Waals surface area (Å²) in [5.74, 6) is -0.333. The molecule has 0 saturated carbocycles. The van der Waals surface area contributed by atoms with Gasteiger partial charge in [0.1, 0.15) is 12.0 Å². The Morgan fingerprint density at radius 2 is 2.50 bits per heavy atom. The smallest absolute Gasteiger partial charge is 0.271 e. The maximum atomic E-state index is 11.5. The second kappa shape index (κ2) is 5.02. The molecule has 76 valence electrons. The van der Waals surface area contributed by atoms with Crippen LogP contribution in [-0.4, -0.2) is 33.6 Å². The fourth-order valence-electron chi connectivity index (χ4n) is 0.818. The predicted octanol–water partition coefficient (Wildman–Crippen LogP) is 0.350. The molecule has 1 aromatic rings. The number of carbonyl (C=O) groups is 1. The number of hydrogen-bond donors (Lipinski definition) is 2. The Morgan fingerprint density at radius 1 is 1.79 bits per heavy atom. The highest BCUT2D eigenvalue weighted by Gasteiger charge is 2.13. The van der Waals surface area contributed by atoms with E-state index in [0.717, 1.165) is 0 Å². The highest BCUT2D eigenvalue weighted by Crippen LogP contribution is 2.11. The van der Waals surface area contributed by atoms with Gasteiger partial charge in [-0.2, -0.15) is 0 Å². The average molecular weight is 260 g/mol. The van der Waals surface area contributed by atoms with Crippen LogP contribution in [0.3, 0.4) is 0 Å². The zero-order valence-corrected chi connectivity index (χ0v) is 9.15. The molecule has 1 heterocycles. The van der Waals surface area contributed by atoms with Crippen LogP contribution in [0.15, 0.2) is 17.0 Å². The molecule has 1 rings (SSSR count). The summed E-state index contributed by atoms with van der Waals surface area (Å²) in [6.07, 6.45) is 2.79. The number of hydrogen-bond acceptors (Lipinski definition) is 4. The van der Waals surface area contributed by atoms with Crippen molar-refractivity contribution in [1.29, 1.82) is 0 Å². The standard InChI is InChI=1S/C8H10BrN3O2/c1-5(3-13)12-8(14)7-6(9)2-10-4-11-7/h2,4-5,13H,3H2,1H3,(H,12,14)/t5-/m0/s1. The molecule has 0 spiro atoms. The molecule has 1 amide bonds. The number of aromatic nitrogens is 2. The molecule has 1 aromatic heterocycles. The molecular weight excluding hydrogens is 250 g/mol. The maximum absolute atomic E-state index is 11.5.